The molecule has 2 saturated carbocycles. The molecule has 3 rings (SSSR count). The Bertz CT molecular complexity index is 809. The standard InChI is InChI=1S/C27H40N2O5/c1-20(2)19-32-21(3)34-29-25(30)13-12-23-11-10-22(18-28-23)14-17-27(15-6-7-16-27)26(31)33-24-8-4-5-9-24/h10-13,18,20-21,24H,4-9,14-17,19H2,1-3H3,(H,29,30)/b13-12+. The predicted octanol–water partition coefficient (Wildman–Crippen LogP) is 5.14. The van der Waals surface area contributed by atoms with Crippen molar-refractivity contribution in [3.05, 3.63) is 35.7 Å². The second-order valence-corrected chi connectivity index (χ2v) is 10.1. The van der Waals surface area contributed by atoms with Crippen LogP contribution in [-0.4, -0.2) is 35.9 Å². The summed E-state index contributed by atoms with van der Waals surface area (Å²) in [4.78, 5) is 34.6. The van der Waals surface area contributed by atoms with Crippen LogP contribution in [0, 0.1) is 11.3 Å². The number of amides is 1. The van der Waals surface area contributed by atoms with E-state index in [0.717, 1.165) is 69.8 Å². The van der Waals surface area contributed by atoms with Crippen molar-refractivity contribution in [2.75, 3.05) is 6.61 Å². The molecule has 1 atom stereocenters. The summed E-state index contributed by atoms with van der Waals surface area (Å²) in [6, 6.07) is 3.89. The molecule has 0 radical (unpaired) electrons. The zero-order valence-electron chi connectivity index (χ0n) is 20.9. The van der Waals surface area contributed by atoms with Gasteiger partial charge in [0.15, 0.2) is 6.29 Å². The first-order valence-electron chi connectivity index (χ1n) is 12.8. The maximum atomic E-state index is 13.0. The summed E-state index contributed by atoms with van der Waals surface area (Å²) < 4.78 is 11.3. The average molecular weight is 473 g/mol. The summed E-state index contributed by atoms with van der Waals surface area (Å²) in [6.07, 6.45) is 14.4. The van der Waals surface area contributed by atoms with Gasteiger partial charge in [0, 0.05) is 12.3 Å². The first-order chi connectivity index (χ1) is 16.4. The molecular formula is C27H40N2O5. The molecule has 7 nitrogen and oxygen atoms in total. The summed E-state index contributed by atoms with van der Waals surface area (Å²) >= 11 is 0. The largest absolute Gasteiger partial charge is 0.462 e. The number of hydroxylamine groups is 1. The molecule has 1 aromatic rings. The molecular weight excluding hydrogens is 432 g/mol. The minimum absolute atomic E-state index is 0.0153. The lowest BCUT2D eigenvalue weighted by Gasteiger charge is -2.28. The van der Waals surface area contributed by atoms with E-state index in [0.29, 0.717) is 18.2 Å². The molecule has 1 amide bonds. The van der Waals surface area contributed by atoms with Crippen LogP contribution in [0.4, 0.5) is 0 Å². The van der Waals surface area contributed by atoms with Crippen LogP contribution < -0.4 is 5.48 Å². The Balaban J connectivity index is 1.45. The molecule has 0 aromatic carbocycles. The third-order valence-electron chi connectivity index (χ3n) is 6.70. The second kappa shape index (κ2) is 13.0. The molecule has 2 aliphatic carbocycles. The van der Waals surface area contributed by atoms with E-state index in [4.69, 9.17) is 14.3 Å². The minimum Gasteiger partial charge on any atom is -0.462 e. The van der Waals surface area contributed by atoms with Crippen molar-refractivity contribution in [2.24, 2.45) is 11.3 Å². The van der Waals surface area contributed by atoms with Crippen molar-refractivity contribution < 1.29 is 23.9 Å². The van der Waals surface area contributed by atoms with E-state index in [2.05, 4.69) is 10.5 Å². The van der Waals surface area contributed by atoms with E-state index in [1.165, 1.54) is 6.08 Å². The van der Waals surface area contributed by atoms with Crippen LogP contribution in [0.15, 0.2) is 24.4 Å². The van der Waals surface area contributed by atoms with Gasteiger partial charge in [-0.05, 0) is 81.9 Å². The molecule has 0 bridgehead atoms. The maximum absolute atomic E-state index is 13.0. The Kier molecular flexibility index (Phi) is 10.1. The van der Waals surface area contributed by atoms with Crippen LogP contribution in [0.3, 0.4) is 0 Å². The van der Waals surface area contributed by atoms with Crippen molar-refractivity contribution in [2.45, 2.75) is 97.4 Å². The van der Waals surface area contributed by atoms with Gasteiger partial charge in [0.05, 0.1) is 17.7 Å². The highest BCUT2D eigenvalue weighted by Crippen LogP contribution is 2.44. The number of nitrogens with zero attached hydrogens (tertiary/aromatic N) is 1. The van der Waals surface area contributed by atoms with E-state index >= 15 is 0 Å². The molecule has 188 valence electrons. The number of pyridine rings is 1. The number of ether oxygens (including phenoxy) is 2. The smallest absolute Gasteiger partial charge is 0.312 e. The zero-order valence-corrected chi connectivity index (χ0v) is 20.9. The van der Waals surface area contributed by atoms with Crippen LogP contribution in [0.2, 0.25) is 0 Å². The van der Waals surface area contributed by atoms with Crippen LogP contribution in [0.25, 0.3) is 6.08 Å². The van der Waals surface area contributed by atoms with E-state index < -0.39 is 6.29 Å². The molecule has 1 unspecified atom stereocenters. The molecule has 2 aliphatic rings. The van der Waals surface area contributed by atoms with Crippen LogP contribution >= 0.6 is 0 Å². The van der Waals surface area contributed by atoms with Gasteiger partial charge >= 0.3 is 5.97 Å². The van der Waals surface area contributed by atoms with Crippen molar-refractivity contribution in [3.8, 4) is 0 Å². The molecule has 0 saturated heterocycles. The first-order valence-corrected chi connectivity index (χ1v) is 12.8. The Morgan fingerprint density at radius 3 is 2.53 bits per heavy atom. The molecule has 1 N–H and O–H groups in total. The van der Waals surface area contributed by atoms with Gasteiger partial charge in [-0.3, -0.25) is 14.6 Å². The van der Waals surface area contributed by atoms with Crippen LogP contribution in [0.5, 0.6) is 0 Å². The summed E-state index contributed by atoms with van der Waals surface area (Å²) in [7, 11) is 0. The number of aryl methyl sites for hydroxylation is 1. The maximum Gasteiger partial charge on any atom is 0.312 e. The van der Waals surface area contributed by atoms with Crippen LogP contribution in [0.1, 0.15) is 89.8 Å². The van der Waals surface area contributed by atoms with Gasteiger partial charge in [-0.2, -0.15) is 0 Å². The number of rotatable bonds is 12. The number of hydrogen-bond acceptors (Lipinski definition) is 6. The highest BCUT2D eigenvalue weighted by Gasteiger charge is 2.43. The number of carbonyl (C=O) groups excluding carboxylic acids is 2. The van der Waals surface area contributed by atoms with Gasteiger partial charge in [-0.1, -0.05) is 32.8 Å². The zero-order chi connectivity index (χ0) is 24.4. The lowest BCUT2D eigenvalue weighted by Crippen LogP contribution is -2.33. The van der Waals surface area contributed by atoms with Crippen molar-refractivity contribution in [1.29, 1.82) is 0 Å². The topological polar surface area (TPSA) is 86.8 Å². The fourth-order valence-corrected chi connectivity index (χ4v) is 4.65. The van der Waals surface area contributed by atoms with Gasteiger partial charge in [0.2, 0.25) is 0 Å². The monoisotopic (exact) mass is 472 g/mol. The second-order valence-electron chi connectivity index (χ2n) is 10.1. The number of carbonyl (C=O) groups is 2. The fraction of sp³-hybridized carbons (Fsp3) is 0.667. The van der Waals surface area contributed by atoms with Crippen molar-refractivity contribution in [3.63, 3.8) is 0 Å². The summed E-state index contributed by atoms with van der Waals surface area (Å²) in [6.45, 7) is 6.39. The third-order valence-corrected chi connectivity index (χ3v) is 6.70. The van der Waals surface area contributed by atoms with Gasteiger partial charge < -0.3 is 9.47 Å². The van der Waals surface area contributed by atoms with Gasteiger partial charge in [-0.25, -0.2) is 10.3 Å². The number of aromatic nitrogens is 1. The van der Waals surface area contributed by atoms with Crippen molar-refractivity contribution in [1.82, 2.24) is 10.5 Å². The lowest BCUT2D eigenvalue weighted by molar-refractivity contribution is -0.180. The Labute approximate surface area is 203 Å². The first kappa shape index (κ1) is 26.4. The Morgan fingerprint density at radius 2 is 1.88 bits per heavy atom. The number of nitrogens with one attached hydrogen (secondary N) is 1. The molecule has 7 heteroatoms. The quantitative estimate of drug-likeness (QED) is 0.196. The van der Waals surface area contributed by atoms with E-state index in [1.54, 1.807) is 13.0 Å². The number of hydrogen-bond donors (Lipinski definition) is 1. The van der Waals surface area contributed by atoms with Gasteiger partial charge in [-0.15, -0.1) is 0 Å². The summed E-state index contributed by atoms with van der Waals surface area (Å²) in [5, 5.41) is 0. The summed E-state index contributed by atoms with van der Waals surface area (Å²) in [5.41, 5.74) is 3.78. The number of esters is 1. The molecule has 1 heterocycles. The van der Waals surface area contributed by atoms with E-state index in [1.807, 2.05) is 32.2 Å². The highest BCUT2D eigenvalue weighted by molar-refractivity contribution is 5.90. The van der Waals surface area contributed by atoms with Gasteiger partial charge in [0.25, 0.3) is 5.91 Å². The van der Waals surface area contributed by atoms with Crippen LogP contribution in [-0.2, 0) is 30.3 Å². The lowest BCUT2D eigenvalue weighted by atomic mass is 9.80. The molecule has 2 fully saturated rings. The van der Waals surface area contributed by atoms with E-state index in [9.17, 15) is 9.59 Å². The van der Waals surface area contributed by atoms with E-state index in [-0.39, 0.29) is 23.4 Å². The average Bonchev–Trinajstić information content (AvgIpc) is 3.52. The molecule has 34 heavy (non-hydrogen) atoms. The SMILES string of the molecule is CC(C)COC(C)ONC(=O)/C=C/c1ccc(CCC2(C(=O)OC3CCCC3)CCCC2)cn1. The predicted molar refractivity (Wildman–Crippen MR) is 130 cm³/mol. The fourth-order valence-electron chi connectivity index (χ4n) is 4.65. The van der Waals surface area contributed by atoms with Crippen molar-refractivity contribution >= 4 is 18.0 Å². The molecule has 0 spiro atoms. The Hall–Kier alpha value is -2.25. The Morgan fingerprint density at radius 1 is 1.15 bits per heavy atom. The third kappa shape index (κ3) is 8.20. The summed E-state index contributed by atoms with van der Waals surface area (Å²) in [5.74, 6) is 0.0292. The normalized spacial score (nSPS) is 19.1. The van der Waals surface area contributed by atoms with Gasteiger partial charge in [0.1, 0.15) is 6.10 Å². The molecule has 1 aromatic heterocycles. The molecule has 0 aliphatic heterocycles. The minimum atomic E-state index is -0.518. The highest BCUT2D eigenvalue weighted by atomic mass is 16.8.